The zero-order valence-electron chi connectivity index (χ0n) is 11.9. The van der Waals surface area contributed by atoms with Crippen LogP contribution in [0.25, 0.3) is 0 Å². The van der Waals surface area contributed by atoms with Crippen LogP contribution >= 0.6 is 31.9 Å². The normalized spacial score (nSPS) is 12.5. The summed E-state index contributed by atoms with van der Waals surface area (Å²) in [5.41, 5.74) is 7.33. The van der Waals surface area contributed by atoms with Gasteiger partial charge < -0.3 is 0 Å². The lowest BCUT2D eigenvalue weighted by atomic mass is 9.96. The first-order valence-corrected chi connectivity index (χ1v) is 8.17. The highest BCUT2D eigenvalue weighted by Gasteiger charge is 2.14. The van der Waals surface area contributed by atoms with Gasteiger partial charge in [-0.1, -0.05) is 34.1 Å². The van der Waals surface area contributed by atoms with E-state index < -0.39 is 0 Å². The van der Waals surface area contributed by atoms with E-state index in [2.05, 4.69) is 63.3 Å². The third kappa shape index (κ3) is 3.92. The molecule has 2 aromatic rings. The summed E-state index contributed by atoms with van der Waals surface area (Å²) in [6.45, 7) is 4.12. The fraction of sp³-hybridized carbons (Fsp3) is 0.250. The molecule has 2 aromatic carbocycles. The third-order valence-electron chi connectivity index (χ3n) is 3.49. The second-order valence-corrected chi connectivity index (χ2v) is 6.79. The molecule has 1 unspecified atom stereocenters. The molecule has 112 valence electrons. The molecule has 0 aromatic heterocycles. The summed E-state index contributed by atoms with van der Waals surface area (Å²) >= 11 is 6.78. The number of nitrogens with one attached hydrogen (secondary N) is 1. The minimum absolute atomic E-state index is 0.0205. The molecule has 1 atom stereocenters. The molecule has 2 rings (SSSR count). The number of aryl methyl sites for hydroxylation is 2. The molecule has 0 heterocycles. The fourth-order valence-electron chi connectivity index (χ4n) is 2.36. The Kier molecular flexibility index (Phi) is 5.54. The first kappa shape index (κ1) is 16.6. The molecule has 21 heavy (non-hydrogen) atoms. The van der Waals surface area contributed by atoms with Crippen molar-refractivity contribution in [2.24, 2.45) is 5.84 Å². The zero-order chi connectivity index (χ0) is 15.6. The van der Waals surface area contributed by atoms with E-state index in [1.54, 1.807) is 12.1 Å². The van der Waals surface area contributed by atoms with E-state index in [0.29, 0.717) is 10.9 Å². The number of halogens is 3. The van der Waals surface area contributed by atoms with Crippen LogP contribution < -0.4 is 11.3 Å². The summed E-state index contributed by atoms with van der Waals surface area (Å²) in [6, 6.07) is 9.24. The van der Waals surface area contributed by atoms with Gasteiger partial charge in [0, 0.05) is 4.47 Å². The molecule has 0 aliphatic rings. The number of rotatable bonds is 4. The van der Waals surface area contributed by atoms with E-state index in [4.69, 9.17) is 5.84 Å². The van der Waals surface area contributed by atoms with Crippen molar-refractivity contribution < 1.29 is 4.39 Å². The molecule has 0 amide bonds. The highest BCUT2D eigenvalue weighted by molar-refractivity contribution is 9.10. The van der Waals surface area contributed by atoms with Gasteiger partial charge in [-0.25, -0.2) is 4.39 Å². The summed E-state index contributed by atoms with van der Waals surface area (Å²) in [7, 11) is 0. The zero-order valence-corrected chi connectivity index (χ0v) is 15.1. The van der Waals surface area contributed by atoms with Crippen molar-refractivity contribution in [2.45, 2.75) is 26.3 Å². The lowest BCUT2D eigenvalue weighted by Crippen LogP contribution is -2.29. The van der Waals surface area contributed by atoms with E-state index >= 15 is 0 Å². The van der Waals surface area contributed by atoms with Crippen molar-refractivity contribution in [3.05, 3.63) is 67.3 Å². The maximum absolute atomic E-state index is 13.3. The summed E-state index contributed by atoms with van der Waals surface area (Å²) < 4.78 is 14.9. The van der Waals surface area contributed by atoms with Gasteiger partial charge in [-0.15, -0.1) is 0 Å². The number of hydrazine groups is 1. The van der Waals surface area contributed by atoms with Crippen molar-refractivity contribution in [2.75, 3.05) is 0 Å². The van der Waals surface area contributed by atoms with E-state index in [1.165, 1.54) is 17.2 Å². The molecule has 0 aliphatic carbocycles. The van der Waals surface area contributed by atoms with Gasteiger partial charge in [0.05, 0.1) is 10.5 Å². The third-order valence-corrected chi connectivity index (χ3v) is 5.34. The van der Waals surface area contributed by atoms with Crippen molar-refractivity contribution in [1.29, 1.82) is 0 Å². The van der Waals surface area contributed by atoms with Gasteiger partial charge >= 0.3 is 0 Å². The Morgan fingerprint density at radius 2 is 1.76 bits per heavy atom. The van der Waals surface area contributed by atoms with Crippen LogP contribution in [-0.4, -0.2) is 0 Å². The fourth-order valence-corrected chi connectivity index (χ4v) is 3.01. The molecule has 0 aliphatic heterocycles. The Morgan fingerprint density at radius 3 is 2.29 bits per heavy atom. The molecular weight excluding hydrogens is 399 g/mol. The summed E-state index contributed by atoms with van der Waals surface area (Å²) in [4.78, 5) is 0. The predicted octanol–water partition coefficient (Wildman–Crippen LogP) is 4.71. The SMILES string of the molecule is Cc1cc(C(Cc2ccc(F)c(Br)c2)NN)cc(C)c1Br. The largest absolute Gasteiger partial charge is 0.271 e. The van der Waals surface area contributed by atoms with Gasteiger partial charge in [0.2, 0.25) is 0 Å². The van der Waals surface area contributed by atoms with E-state index in [0.717, 1.165) is 15.6 Å². The molecule has 3 N–H and O–H groups in total. The van der Waals surface area contributed by atoms with Crippen LogP contribution in [0.5, 0.6) is 0 Å². The molecule has 0 saturated heterocycles. The van der Waals surface area contributed by atoms with Crippen LogP contribution in [0.4, 0.5) is 4.39 Å². The Hall–Kier alpha value is -0.750. The highest BCUT2D eigenvalue weighted by atomic mass is 79.9. The van der Waals surface area contributed by atoms with Crippen molar-refractivity contribution in [3.8, 4) is 0 Å². The number of benzene rings is 2. The van der Waals surface area contributed by atoms with Crippen molar-refractivity contribution >= 4 is 31.9 Å². The first-order chi connectivity index (χ1) is 9.92. The van der Waals surface area contributed by atoms with Gasteiger partial charge in [-0.3, -0.25) is 11.3 Å². The summed E-state index contributed by atoms with van der Waals surface area (Å²) in [5, 5.41) is 0. The van der Waals surface area contributed by atoms with Crippen LogP contribution in [0, 0.1) is 19.7 Å². The monoisotopic (exact) mass is 414 g/mol. The molecular formula is C16H17Br2FN2. The highest BCUT2D eigenvalue weighted by Crippen LogP contribution is 2.27. The van der Waals surface area contributed by atoms with E-state index in [1.807, 2.05) is 0 Å². The van der Waals surface area contributed by atoms with E-state index in [-0.39, 0.29) is 11.9 Å². The van der Waals surface area contributed by atoms with Gasteiger partial charge in [0.25, 0.3) is 0 Å². The average Bonchev–Trinajstić information content (AvgIpc) is 2.45. The maximum atomic E-state index is 13.3. The molecule has 0 radical (unpaired) electrons. The topological polar surface area (TPSA) is 38.0 Å². The minimum Gasteiger partial charge on any atom is -0.271 e. The van der Waals surface area contributed by atoms with Crippen LogP contribution in [0.2, 0.25) is 0 Å². The van der Waals surface area contributed by atoms with Gasteiger partial charge in [0.1, 0.15) is 5.82 Å². The Balaban J connectivity index is 2.29. The first-order valence-electron chi connectivity index (χ1n) is 6.59. The minimum atomic E-state index is -0.258. The average molecular weight is 416 g/mol. The lowest BCUT2D eigenvalue weighted by molar-refractivity contribution is 0.549. The number of nitrogens with two attached hydrogens (primary N) is 1. The second-order valence-electron chi connectivity index (χ2n) is 5.14. The number of hydrogen-bond donors (Lipinski definition) is 2. The van der Waals surface area contributed by atoms with Crippen LogP contribution in [0.3, 0.4) is 0 Å². The van der Waals surface area contributed by atoms with E-state index in [9.17, 15) is 4.39 Å². The quantitative estimate of drug-likeness (QED) is 0.560. The molecule has 2 nitrogen and oxygen atoms in total. The maximum Gasteiger partial charge on any atom is 0.137 e. The van der Waals surface area contributed by atoms with Gasteiger partial charge in [-0.2, -0.15) is 0 Å². The van der Waals surface area contributed by atoms with Gasteiger partial charge in [0.15, 0.2) is 0 Å². The summed E-state index contributed by atoms with van der Waals surface area (Å²) in [6.07, 6.45) is 0.690. The molecule has 0 bridgehead atoms. The Bertz CT molecular complexity index is 636. The van der Waals surface area contributed by atoms with Crippen LogP contribution in [0.1, 0.15) is 28.3 Å². The Morgan fingerprint density at radius 1 is 1.14 bits per heavy atom. The standard InChI is InChI=1S/C16H17Br2FN2/c1-9-5-12(6-10(2)16(9)18)15(21-20)8-11-3-4-14(19)13(17)7-11/h3-7,15,21H,8,20H2,1-2H3. The smallest absolute Gasteiger partial charge is 0.137 e. The van der Waals surface area contributed by atoms with Crippen molar-refractivity contribution in [1.82, 2.24) is 5.43 Å². The molecule has 5 heteroatoms. The summed E-state index contributed by atoms with van der Waals surface area (Å²) in [5.74, 6) is 5.45. The molecule has 0 fully saturated rings. The van der Waals surface area contributed by atoms with Gasteiger partial charge in [-0.05, 0) is 70.6 Å². The number of hydrogen-bond acceptors (Lipinski definition) is 2. The van der Waals surface area contributed by atoms with Crippen LogP contribution in [0.15, 0.2) is 39.3 Å². The second kappa shape index (κ2) is 7.01. The Labute approximate surface area is 141 Å². The molecule has 0 saturated carbocycles. The lowest BCUT2D eigenvalue weighted by Gasteiger charge is -2.19. The van der Waals surface area contributed by atoms with Crippen LogP contribution in [-0.2, 0) is 6.42 Å². The van der Waals surface area contributed by atoms with Crippen molar-refractivity contribution in [3.63, 3.8) is 0 Å². The predicted molar refractivity (Wildman–Crippen MR) is 91.5 cm³/mol. The molecule has 0 spiro atoms.